The van der Waals surface area contributed by atoms with Gasteiger partial charge in [-0.3, -0.25) is 4.79 Å². The molecule has 0 saturated carbocycles. The number of nitrogens with one attached hydrogen (secondary N) is 1. The van der Waals surface area contributed by atoms with Crippen LogP contribution in [0.4, 0.5) is 5.69 Å². The van der Waals surface area contributed by atoms with Gasteiger partial charge in [-0.25, -0.2) is 0 Å². The molecule has 30 heavy (non-hydrogen) atoms. The van der Waals surface area contributed by atoms with Crippen LogP contribution in [0.25, 0.3) is 6.08 Å². The fraction of sp³-hybridized carbons (Fsp3) is 0.120. The van der Waals surface area contributed by atoms with Crippen molar-refractivity contribution in [2.45, 2.75) is 20.5 Å². The number of anilines is 1. The van der Waals surface area contributed by atoms with Gasteiger partial charge in [0.1, 0.15) is 24.0 Å². The molecule has 0 radical (unpaired) electrons. The lowest BCUT2D eigenvalue weighted by molar-refractivity contribution is -0.112. The number of nitrogens with zero attached hydrogens (tertiary/aromatic N) is 1. The van der Waals surface area contributed by atoms with Crippen molar-refractivity contribution in [2.75, 3.05) is 5.32 Å². The van der Waals surface area contributed by atoms with Gasteiger partial charge in [-0.05, 0) is 66.9 Å². The van der Waals surface area contributed by atoms with Crippen molar-refractivity contribution in [3.05, 3.63) is 99.0 Å². The third kappa shape index (κ3) is 5.59. The fourth-order valence-electron chi connectivity index (χ4n) is 2.82. The number of aryl methyl sites for hydroxylation is 2. The highest BCUT2D eigenvalue weighted by Crippen LogP contribution is 2.27. The topological polar surface area (TPSA) is 62.1 Å². The molecule has 3 aromatic carbocycles. The molecule has 150 valence electrons. The molecule has 3 rings (SSSR count). The van der Waals surface area contributed by atoms with E-state index < -0.39 is 5.91 Å². The minimum absolute atomic E-state index is 0.00381. The summed E-state index contributed by atoms with van der Waals surface area (Å²) in [5.74, 6) is 0.128. The zero-order chi connectivity index (χ0) is 21.5. The van der Waals surface area contributed by atoms with E-state index in [0.717, 1.165) is 21.2 Å². The van der Waals surface area contributed by atoms with Crippen LogP contribution in [0.2, 0.25) is 0 Å². The Morgan fingerprint density at radius 2 is 1.83 bits per heavy atom. The van der Waals surface area contributed by atoms with Crippen molar-refractivity contribution in [2.24, 2.45) is 0 Å². The van der Waals surface area contributed by atoms with E-state index in [1.165, 1.54) is 0 Å². The molecular weight excluding hydrogens is 440 g/mol. The quantitative estimate of drug-likeness (QED) is 0.352. The Labute approximate surface area is 184 Å². The summed E-state index contributed by atoms with van der Waals surface area (Å²) in [6.07, 6.45) is 1.54. The molecule has 1 amide bonds. The zero-order valence-electron chi connectivity index (χ0n) is 16.8. The molecule has 0 aromatic heterocycles. The van der Waals surface area contributed by atoms with Crippen LogP contribution in [0, 0.1) is 25.2 Å². The summed E-state index contributed by atoms with van der Waals surface area (Å²) in [4.78, 5) is 12.7. The van der Waals surface area contributed by atoms with Gasteiger partial charge in [0.15, 0.2) is 0 Å². The summed E-state index contributed by atoms with van der Waals surface area (Å²) >= 11 is 3.44. The number of rotatable bonds is 6. The molecule has 0 bridgehead atoms. The van der Waals surface area contributed by atoms with Crippen LogP contribution in [-0.2, 0) is 11.4 Å². The highest BCUT2D eigenvalue weighted by Gasteiger charge is 2.12. The van der Waals surface area contributed by atoms with Gasteiger partial charge in [-0.1, -0.05) is 52.3 Å². The van der Waals surface area contributed by atoms with Crippen molar-refractivity contribution >= 4 is 33.6 Å². The monoisotopic (exact) mass is 460 g/mol. The lowest BCUT2D eigenvalue weighted by Gasteiger charge is -2.11. The average molecular weight is 461 g/mol. The van der Waals surface area contributed by atoms with Gasteiger partial charge in [0.05, 0.1) is 0 Å². The average Bonchev–Trinajstić information content (AvgIpc) is 2.74. The molecular formula is C25H21BrN2O2. The predicted molar refractivity (Wildman–Crippen MR) is 123 cm³/mol. The van der Waals surface area contributed by atoms with Gasteiger partial charge in [-0.2, -0.15) is 5.26 Å². The number of hydrogen-bond acceptors (Lipinski definition) is 3. The second-order valence-electron chi connectivity index (χ2n) is 6.88. The Bertz CT molecular complexity index is 1130. The Hall–Kier alpha value is -3.36. The maximum atomic E-state index is 12.7. The van der Waals surface area contributed by atoms with Crippen LogP contribution in [0.15, 0.2) is 76.8 Å². The van der Waals surface area contributed by atoms with Crippen molar-refractivity contribution < 1.29 is 9.53 Å². The Morgan fingerprint density at radius 1 is 1.07 bits per heavy atom. The van der Waals surface area contributed by atoms with Crippen molar-refractivity contribution in [3.63, 3.8) is 0 Å². The van der Waals surface area contributed by atoms with Crippen molar-refractivity contribution in [1.82, 2.24) is 0 Å². The lowest BCUT2D eigenvalue weighted by atomic mass is 10.1. The maximum Gasteiger partial charge on any atom is 0.266 e. The lowest BCUT2D eigenvalue weighted by Crippen LogP contribution is -2.13. The molecule has 4 nitrogen and oxygen atoms in total. The number of carbonyl (C=O) groups excluding carboxylic acids is 1. The molecule has 5 heteroatoms. The first-order chi connectivity index (χ1) is 14.5. The zero-order valence-corrected chi connectivity index (χ0v) is 18.4. The van der Waals surface area contributed by atoms with Crippen LogP contribution in [-0.4, -0.2) is 5.91 Å². The first-order valence-corrected chi connectivity index (χ1v) is 10.2. The normalized spacial score (nSPS) is 10.9. The predicted octanol–water partition coefficient (Wildman–Crippen LogP) is 6.19. The summed E-state index contributed by atoms with van der Waals surface area (Å²) < 4.78 is 6.77. The summed E-state index contributed by atoms with van der Waals surface area (Å²) in [6.45, 7) is 4.37. The van der Waals surface area contributed by atoms with E-state index in [-0.39, 0.29) is 5.57 Å². The molecule has 0 atom stereocenters. The van der Waals surface area contributed by atoms with Gasteiger partial charge in [0.2, 0.25) is 0 Å². The highest BCUT2D eigenvalue weighted by atomic mass is 79.9. The molecule has 0 unspecified atom stereocenters. The molecule has 3 aromatic rings. The largest absolute Gasteiger partial charge is 0.488 e. The summed E-state index contributed by atoms with van der Waals surface area (Å²) in [6, 6.07) is 22.9. The molecule has 0 fully saturated rings. The number of carbonyl (C=O) groups is 1. The second-order valence-corrected chi connectivity index (χ2v) is 7.80. The maximum absolute atomic E-state index is 12.7. The number of nitriles is 1. The van der Waals surface area contributed by atoms with Crippen LogP contribution in [0.3, 0.4) is 0 Å². The first-order valence-electron chi connectivity index (χ1n) is 9.43. The molecule has 0 aliphatic carbocycles. The SMILES string of the molecule is Cc1ccc(NC(=O)/C(C#N)=C/c2cc(Br)ccc2OCc2ccccc2)cc1C. The Balaban J connectivity index is 1.83. The molecule has 0 aliphatic heterocycles. The number of amides is 1. The van der Waals surface area contributed by atoms with Crippen LogP contribution < -0.4 is 10.1 Å². The highest BCUT2D eigenvalue weighted by molar-refractivity contribution is 9.10. The van der Waals surface area contributed by atoms with Crippen LogP contribution in [0.5, 0.6) is 5.75 Å². The molecule has 0 spiro atoms. The van der Waals surface area contributed by atoms with E-state index in [1.54, 1.807) is 6.08 Å². The standard InChI is InChI=1S/C25H21BrN2O2/c1-17-8-10-23(12-18(17)2)28-25(29)21(15-27)13-20-14-22(26)9-11-24(20)30-16-19-6-4-3-5-7-19/h3-14H,16H2,1-2H3,(H,28,29)/b21-13+. The molecule has 0 aliphatic rings. The van der Waals surface area contributed by atoms with Gasteiger partial charge in [0.25, 0.3) is 5.91 Å². The van der Waals surface area contributed by atoms with E-state index in [0.29, 0.717) is 23.6 Å². The van der Waals surface area contributed by atoms with E-state index in [4.69, 9.17) is 4.74 Å². The van der Waals surface area contributed by atoms with Gasteiger partial charge in [-0.15, -0.1) is 0 Å². The smallest absolute Gasteiger partial charge is 0.266 e. The third-order valence-electron chi connectivity index (χ3n) is 4.64. The summed E-state index contributed by atoms with van der Waals surface area (Å²) in [5, 5.41) is 12.4. The van der Waals surface area contributed by atoms with E-state index in [9.17, 15) is 10.1 Å². The minimum Gasteiger partial charge on any atom is -0.488 e. The number of ether oxygens (including phenoxy) is 1. The van der Waals surface area contributed by atoms with Gasteiger partial charge >= 0.3 is 0 Å². The van der Waals surface area contributed by atoms with Crippen LogP contribution in [0.1, 0.15) is 22.3 Å². The number of benzene rings is 3. The summed E-state index contributed by atoms with van der Waals surface area (Å²) in [5.41, 5.74) is 4.53. The minimum atomic E-state index is -0.463. The van der Waals surface area contributed by atoms with Crippen molar-refractivity contribution in [3.8, 4) is 11.8 Å². The molecule has 0 heterocycles. The third-order valence-corrected chi connectivity index (χ3v) is 5.13. The number of hydrogen-bond donors (Lipinski definition) is 1. The number of halogens is 1. The first kappa shape index (κ1) is 21.4. The van der Waals surface area contributed by atoms with E-state index in [2.05, 4.69) is 21.2 Å². The van der Waals surface area contributed by atoms with Crippen molar-refractivity contribution in [1.29, 1.82) is 5.26 Å². The summed E-state index contributed by atoms with van der Waals surface area (Å²) in [7, 11) is 0. The fourth-order valence-corrected chi connectivity index (χ4v) is 3.20. The van der Waals surface area contributed by atoms with Gasteiger partial charge in [0, 0.05) is 15.7 Å². The molecule has 1 N–H and O–H groups in total. The molecule has 0 saturated heterocycles. The van der Waals surface area contributed by atoms with E-state index >= 15 is 0 Å². The second kappa shape index (κ2) is 9.91. The Morgan fingerprint density at radius 3 is 2.53 bits per heavy atom. The van der Waals surface area contributed by atoms with E-state index in [1.807, 2.05) is 86.6 Å². The Kier molecular flexibility index (Phi) is 7.05. The van der Waals surface area contributed by atoms with Crippen LogP contribution >= 0.6 is 15.9 Å². The van der Waals surface area contributed by atoms with Gasteiger partial charge < -0.3 is 10.1 Å².